The summed E-state index contributed by atoms with van der Waals surface area (Å²) in [6.45, 7) is 0. The summed E-state index contributed by atoms with van der Waals surface area (Å²) < 4.78 is 16.4. The van der Waals surface area contributed by atoms with Crippen molar-refractivity contribution in [2.24, 2.45) is 0 Å². The molecule has 142 valence electrons. The normalized spacial score (nSPS) is 10.8. The first kappa shape index (κ1) is 18.1. The van der Waals surface area contributed by atoms with E-state index >= 15 is 0 Å². The van der Waals surface area contributed by atoms with Crippen LogP contribution in [0, 0.1) is 0 Å². The molecule has 0 amide bonds. The molecule has 0 aliphatic heterocycles. The zero-order chi connectivity index (χ0) is 19.7. The van der Waals surface area contributed by atoms with Gasteiger partial charge in [0.05, 0.1) is 32.6 Å². The molecule has 0 saturated heterocycles. The highest BCUT2D eigenvalue weighted by Gasteiger charge is 2.23. The van der Waals surface area contributed by atoms with Crippen molar-refractivity contribution in [3.8, 4) is 39.1 Å². The van der Waals surface area contributed by atoms with E-state index in [0.717, 1.165) is 27.8 Å². The summed E-state index contributed by atoms with van der Waals surface area (Å²) in [6, 6.07) is 9.71. The van der Waals surface area contributed by atoms with Crippen LogP contribution in [-0.4, -0.2) is 37.6 Å². The average molecular weight is 394 g/mol. The molecule has 0 fully saturated rings. The highest BCUT2D eigenvalue weighted by molar-refractivity contribution is 7.13. The molecule has 6 nitrogen and oxygen atoms in total. The van der Waals surface area contributed by atoms with E-state index in [9.17, 15) is 4.79 Å². The molecule has 2 aromatic carbocycles. The largest absolute Gasteiger partial charge is 0.493 e. The first-order valence-electron chi connectivity index (χ1n) is 8.52. The summed E-state index contributed by atoms with van der Waals surface area (Å²) in [5, 5.41) is 3.87. The highest BCUT2D eigenvalue weighted by atomic mass is 32.1. The molecule has 0 radical (unpaired) electrons. The zero-order valence-electron chi connectivity index (χ0n) is 15.6. The van der Waals surface area contributed by atoms with Gasteiger partial charge in [-0.25, -0.2) is 4.98 Å². The van der Waals surface area contributed by atoms with Crippen LogP contribution >= 0.6 is 11.3 Å². The molecule has 0 spiro atoms. The first-order chi connectivity index (χ1) is 13.7. The Labute approximate surface area is 165 Å². The number of nitrogens with zero attached hydrogens (tertiary/aromatic N) is 1. The van der Waals surface area contributed by atoms with E-state index in [1.165, 1.54) is 32.7 Å². The summed E-state index contributed by atoms with van der Waals surface area (Å²) in [5.41, 5.74) is 3.73. The number of hydrogen-bond acceptors (Lipinski definition) is 6. The van der Waals surface area contributed by atoms with Crippen LogP contribution in [0.5, 0.6) is 17.2 Å². The molecule has 2 aromatic heterocycles. The maximum absolute atomic E-state index is 11.8. The highest BCUT2D eigenvalue weighted by Crippen LogP contribution is 2.47. The number of H-pyrrole nitrogens is 1. The fourth-order valence-corrected chi connectivity index (χ4v) is 4.17. The number of nitrogens with one attached hydrogen (secondary N) is 1. The van der Waals surface area contributed by atoms with E-state index in [1.54, 1.807) is 6.07 Å². The summed E-state index contributed by atoms with van der Waals surface area (Å²) in [5.74, 6) is 1.27. The van der Waals surface area contributed by atoms with Crippen molar-refractivity contribution in [1.82, 2.24) is 9.97 Å². The van der Waals surface area contributed by atoms with Crippen molar-refractivity contribution in [2.75, 3.05) is 21.3 Å². The molecule has 0 unspecified atom stereocenters. The van der Waals surface area contributed by atoms with Gasteiger partial charge in [0.15, 0.2) is 17.8 Å². The second-order valence-electron chi connectivity index (χ2n) is 6.01. The van der Waals surface area contributed by atoms with Crippen LogP contribution in [0.4, 0.5) is 0 Å². The number of methoxy groups -OCH3 is 3. The van der Waals surface area contributed by atoms with Crippen LogP contribution in [0.2, 0.25) is 0 Å². The lowest BCUT2D eigenvalue weighted by molar-refractivity contribution is 0.112. The van der Waals surface area contributed by atoms with Gasteiger partial charge in [-0.15, -0.1) is 11.3 Å². The van der Waals surface area contributed by atoms with Crippen molar-refractivity contribution < 1.29 is 19.0 Å². The van der Waals surface area contributed by atoms with Gasteiger partial charge in [0.2, 0.25) is 5.75 Å². The fourth-order valence-electron chi connectivity index (χ4n) is 3.32. The third-order valence-electron chi connectivity index (χ3n) is 4.57. The minimum Gasteiger partial charge on any atom is -0.493 e. The Morgan fingerprint density at radius 3 is 2.61 bits per heavy atom. The first-order valence-corrected chi connectivity index (χ1v) is 9.40. The summed E-state index contributed by atoms with van der Waals surface area (Å²) in [7, 11) is 4.58. The Balaban J connectivity index is 1.91. The zero-order valence-corrected chi connectivity index (χ0v) is 16.4. The lowest BCUT2D eigenvalue weighted by Crippen LogP contribution is -2.00. The van der Waals surface area contributed by atoms with Crippen molar-refractivity contribution in [1.29, 1.82) is 0 Å². The molecule has 0 aliphatic carbocycles. The number of carbonyl (C=O) groups is 1. The monoisotopic (exact) mass is 394 g/mol. The van der Waals surface area contributed by atoms with Crippen LogP contribution in [0.15, 0.2) is 41.9 Å². The molecule has 7 heteroatoms. The molecule has 0 bridgehead atoms. The Bertz CT molecular complexity index is 1160. The SMILES string of the molecule is COc1cc(C=O)c(-c2csc(-c3cccc4[nH]ccc34)n2)c(OC)c1OC. The molecular formula is C21H18N2O4S. The van der Waals surface area contributed by atoms with Gasteiger partial charge >= 0.3 is 0 Å². The minimum absolute atomic E-state index is 0.417. The van der Waals surface area contributed by atoms with E-state index in [-0.39, 0.29) is 0 Å². The number of fused-ring (bicyclic) bond motifs is 1. The second kappa shape index (κ2) is 7.36. The van der Waals surface area contributed by atoms with E-state index in [4.69, 9.17) is 19.2 Å². The predicted molar refractivity (Wildman–Crippen MR) is 110 cm³/mol. The van der Waals surface area contributed by atoms with Crippen molar-refractivity contribution in [3.63, 3.8) is 0 Å². The number of rotatable bonds is 6. The molecule has 1 N–H and O–H groups in total. The molecule has 4 aromatic rings. The van der Waals surface area contributed by atoms with Gasteiger partial charge in [0.1, 0.15) is 5.01 Å². The predicted octanol–water partition coefficient (Wildman–Crippen LogP) is 4.80. The molecule has 0 atom stereocenters. The Morgan fingerprint density at radius 2 is 1.89 bits per heavy atom. The number of carbonyl (C=O) groups excluding carboxylic acids is 1. The number of ether oxygens (including phenoxy) is 3. The molecule has 2 heterocycles. The Morgan fingerprint density at radius 1 is 1.07 bits per heavy atom. The molecule has 28 heavy (non-hydrogen) atoms. The Kier molecular flexibility index (Phi) is 4.75. The summed E-state index contributed by atoms with van der Waals surface area (Å²) in [4.78, 5) is 19.8. The average Bonchev–Trinajstić information content (AvgIpc) is 3.41. The smallest absolute Gasteiger partial charge is 0.204 e. The summed E-state index contributed by atoms with van der Waals surface area (Å²) >= 11 is 1.51. The fraction of sp³-hybridized carbons (Fsp3) is 0.143. The number of thiazole rings is 1. The maximum atomic E-state index is 11.8. The number of aromatic nitrogens is 2. The van der Waals surface area contributed by atoms with E-state index in [0.29, 0.717) is 34.1 Å². The van der Waals surface area contributed by atoms with Crippen LogP contribution in [0.3, 0.4) is 0 Å². The quantitative estimate of drug-likeness (QED) is 0.476. The number of hydrogen-bond donors (Lipinski definition) is 1. The van der Waals surface area contributed by atoms with Gasteiger partial charge in [-0.05, 0) is 18.2 Å². The minimum atomic E-state index is 0.417. The standard InChI is InChI=1S/C21H18N2O4S/c1-25-17-9-12(10-24)18(20(27-3)19(17)26-2)16-11-28-21(23-16)14-5-4-6-15-13(14)7-8-22-15/h4-11,22H,1-3H3. The topological polar surface area (TPSA) is 73.4 Å². The molecular weight excluding hydrogens is 376 g/mol. The van der Waals surface area contributed by atoms with Crippen LogP contribution in [-0.2, 0) is 0 Å². The van der Waals surface area contributed by atoms with Crippen molar-refractivity contribution in [2.45, 2.75) is 0 Å². The van der Waals surface area contributed by atoms with Crippen LogP contribution in [0.25, 0.3) is 32.7 Å². The lowest BCUT2D eigenvalue weighted by Gasteiger charge is -2.16. The Hall–Kier alpha value is -3.32. The summed E-state index contributed by atoms with van der Waals surface area (Å²) in [6.07, 6.45) is 2.68. The van der Waals surface area contributed by atoms with Gasteiger partial charge < -0.3 is 19.2 Å². The lowest BCUT2D eigenvalue weighted by atomic mass is 10.0. The van der Waals surface area contributed by atoms with E-state index < -0.39 is 0 Å². The van der Waals surface area contributed by atoms with Gasteiger partial charge in [-0.1, -0.05) is 12.1 Å². The molecule has 4 rings (SSSR count). The van der Waals surface area contributed by atoms with Gasteiger partial charge in [0.25, 0.3) is 0 Å². The van der Waals surface area contributed by atoms with Crippen LogP contribution in [0.1, 0.15) is 10.4 Å². The second-order valence-corrected chi connectivity index (χ2v) is 6.87. The third kappa shape index (κ3) is 2.80. The number of aldehydes is 1. The molecule has 0 aliphatic rings. The van der Waals surface area contributed by atoms with Crippen molar-refractivity contribution in [3.05, 3.63) is 47.5 Å². The van der Waals surface area contributed by atoms with E-state index in [2.05, 4.69) is 4.98 Å². The van der Waals surface area contributed by atoms with Gasteiger partial charge in [-0.2, -0.15) is 0 Å². The van der Waals surface area contributed by atoms with E-state index in [1.807, 2.05) is 35.8 Å². The maximum Gasteiger partial charge on any atom is 0.204 e. The number of benzene rings is 2. The molecule has 0 saturated carbocycles. The van der Waals surface area contributed by atoms with Gasteiger partial charge in [0, 0.05) is 33.6 Å². The van der Waals surface area contributed by atoms with Crippen molar-refractivity contribution >= 4 is 28.5 Å². The number of aromatic amines is 1. The third-order valence-corrected chi connectivity index (χ3v) is 5.45. The van der Waals surface area contributed by atoms with Gasteiger partial charge in [-0.3, -0.25) is 4.79 Å². The van der Waals surface area contributed by atoms with Crippen LogP contribution < -0.4 is 14.2 Å².